The lowest BCUT2D eigenvalue weighted by Gasteiger charge is -2.07. The smallest absolute Gasteiger partial charge is 0.242 e. The van der Waals surface area contributed by atoms with Crippen molar-refractivity contribution >= 4 is 26.0 Å². The Hall–Kier alpha value is -0.500. The van der Waals surface area contributed by atoms with Crippen LogP contribution in [0.3, 0.4) is 0 Å². The molecule has 0 amide bonds. The molecule has 1 aromatic rings. The summed E-state index contributed by atoms with van der Waals surface area (Å²) in [5, 5.41) is 8.97. The molecule has 0 aromatic carbocycles. The molecule has 1 rings (SSSR count). The lowest BCUT2D eigenvalue weighted by atomic mass is 10.4. The SMILES string of the molecule is CC(O)CNS(=O)(=O)c1cncc(Br)c1. The standard InChI is InChI=1S/C8H11BrN2O3S/c1-6(12)3-11-15(13,14)8-2-7(9)4-10-5-8/h2,4-6,11-12H,3H2,1H3. The molecule has 1 unspecified atom stereocenters. The average molecular weight is 295 g/mol. The molecule has 0 spiro atoms. The summed E-state index contributed by atoms with van der Waals surface area (Å²) in [4.78, 5) is 3.82. The molecule has 0 fully saturated rings. The monoisotopic (exact) mass is 294 g/mol. The summed E-state index contributed by atoms with van der Waals surface area (Å²) in [6.07, 6.45) is 2.02. The molecule has 1 heterocycles. The molecule has 84 valence electrons. The number of aliphatic hydroxyl groups is 1. The number of hydrogen-bond donors (Lipinski definition) is 2. The summed E-state index contributed by atoms with van der Waals surface area (Å²) in [7, 11) is -3.58. The first-order chi connectivity index (χ1) is 6.92. The quantitative estimate of drug-likeness (QED) is 0.848. The molecule has 0 aliphatic rings. The Labute approximate surface area is 96.7 Å². The van der Waals surface area contributed by atoms with Gasteiger partial charge in [-0.3, -0.25) is 4.98 Å². The molecule has 1 atom stereocenters. The summed E-state index contributed by atoms with van der Waals surface area (Å²) in [6, 6.07) is 1.44. The minimum absolute atomic E-state index is 0.0190. The molecule has 5 nitrogen and oxygen atoms in total. The fourth-order valence-corrected chi connectivity index (χ4v) is 2.48. The van der Waals surface area contributed by atoms with Crippen molar-refractivity contribution in [2.45, 2.75) is 17.9 Å². The van der Waals surface area contributed by atoms with Crippen LogP contribution in [0.2, 0.25) is 0 Å². The average Bonchev–Trinajstić information content (AvgIpc) is 2.15. The number of pyridine rings is 1. The van der Waals surface area contributed by atoms with E-state index in [4.69, 9.17) is 5.11 Å². The minimum atomic E-state index is -3.58. The molecular formula is C8H11BrN2O3S. The zero-order chi connectivity index (χ0) is 11.5. The molecule has 1 aromatic heterocycles. The molecule has 0 bridgehead atoms. The number of nitrogens with one attached hydrogen (secondary N) is 1. The predicted molar refractivity (Wildman–Crippen MR) is 58.8 cm³/mol. The van der Waals surface area contributed by atoms with Gasteiger partial charge in [-0.2, -0.15) is 0 Å². The van der Waals surface area contributed by atoms with Crippen LogP contribution in [0.4, 0.5) is 0 Å². The third-order valence-corrected chi connectivity index (χ3v) is 3.38. The fourth-order valence-electron chi connectivity index (χ4n) is 0.853. The Morgan fingerprint density at radius 2 is 2.27 bits per heavy atom. The van der Waals surface area contributed by atoms with E-state index in [-0.39, 0.29) is 11.4 Å². The van der Waals surface area contributed by atoms with Gasteiger partial charge in [0.2, 0.25) is 10.0 Å². The topological polar surface area (TPSA) is 79.3 Å². The van der Waals surface area contributed by atoms with Crippen LogP contribution in [0.1, 0.15) is 6.92 Å². The van der Waals surface area contributed by atoms with Crippen LogP contribution in [-0.4, -0.2) is 31.2 Å². The number of rotatable bonds is 4. The predicted octanol–water partition coefficient (Wildman–Crippen LogP) is 0.503. The third-order valence-electron chi connectivity index (χ3n) is 1.56. The lowest BCUT2D eigenvalue weighted by Crippen LogP contribution is -2.30. The zero-order valence-electron chi connectivity index (χ0n) is 8.01. The van der Waals surface area contributed by atoms with Crippen molar-refractivity contribution in [1.29, 1.82) is 0 Å². The molecule has 15 heavy (non-hydrogen) atoms. The second-order valence-electron chi connectivity index (χ2n) is 3.04. The van der Waals surface area contributed by atoms with Crippen LogP contribution in [0.25, 0.3) is 0 Å². The molecule has 0 aliphatic carbocycles. The van der Waals surface area contributed by atoms with E-state index in [9.17, 15) is 8.42 Å². The number of halogens is 1. The summed E-state index contributed by atoms with van der Waals surface area (Å²) in [5.74, 6) is 0. The third kappa shape index (κ3) is 3.86. The Morgan fingerprint density at radius 3 is 2.80 bits per heavy atom. The van der Waals surface area contributed by atoms with Crippen LogP contribution in [-0.2, 0) is 10.0 Å². The van der Waals surface area contributed by atoms with Gasteiger partial charge in [0.1, 0.15) is 4.90 Å². The van der Waals surface area contributed by atoms with E-state index in [1.165, 1.54) is 25.4 Å². The highest BCUT2D eigenvalue weighted by Gasteiger charge is 2.14. The van der Waals surface area contributed by atoms with E-state index < -0.39 is 16.1 Å². The van der Waals surface area contributed by atoms with Gasteiger partial charge in [0.15, 0.2) is 0 Å². The summed E-state index contributed by atoms with van der Waals surface area (Å²) in [5.41, 5.74) is 0. The lowest BCUT2D eigenvalue weighted by molar-refractivity contribution is 0.198. The first-order valence-electron chi connectivity index (χ1n) is 4.20. The number of aliphatic hydroxyl groups excluding tert-OH is 1. The van der Waals surface area contributed by atoms with Crippen molar-refractivity contribution in [3.63, 3.8) is 0 Å². The highest BCUT2D eigenvalue weighted by Crippen LogP contribution is 2.13. The first kappa shape index (κ1) is 12.6. The summed E-state index contributed by atoms with van der Waals surface area (Å²) in [6.45, 7) is 1.48. The van der Waals surface area contributed by atoms with Crippen molar-refractivity contribution in [2.75, 3.05) is 6.54 Å². The van der Waals surface area contributed by atoms with Gasteiger partial charge < -0.3 is 5.11 Å². The maximum Gasteiger partial charge on any atom is 0.242 e. The highest BCUT2D eigenvalue weighted by molar-refractivity contribution is 9.10. The van der Waals surface area contributed by atoms with Gasteiger partial charge in [-0.25, -0.2) is 13.1 Å². The van der Waals surface area contributed by atoms with Gasteiger partial charge >= 0.3 is 0 Å². The summed E-state index contributed by atoms with van der Waals surface area (Å²) < 4.78 is 26.1. The van der Waals surface area contributed by atoms with E-state index >= 15 is 0 Å². The molecule has 7 heteroatoms. The second kappa shape index (κ2) is 5.02. The fraction of sp³-hybridized carbons (Fsp3) is 0.375. The molecule has 0 aliphatic heterocycles. The maximum atomic E-state index is 11.6. The largest absolute Gasteiger partial charge is 0.392 e. The highest BCUT2D eigenvalue weighted by atomic mass is 79.9. The Balaban J connectivity index is 2.87. The van der Waals surface area contributed by atoms with Crippen LogP contribution in [0.15, 0.2) is 27.8 Å². The van der Waals surface area contributed by atoms with Crippen LogP contribution >= 0.6 is 15.9 Å². The first-order valence-corrected chi connectivity index (χ1v) is 6.48. The van der Waals surface area contributed by atoms with E-state index in [2.05, 4.69) is 25.6 Å². The Bertz CT molecular complexity index is 433. The number of hydrogen-bond acceptors (Lipinski definition) is 4. The maximum absolute atomic E-state index is 11.6. The molecule has 0 saturated carbocycles. The van der Waals surface area contributed by atoms with Crippen LogP contribution < -0.4 is 4.72 Å². The van der Waals surface area contributed by atoms with Gasteiger partial charge in [-0.1, -0.05) is 0 Å². The van der Waals surface area contributed by atoms with Crippen LogP contribution in [0.5, 0.6) is 0 Å². The number of sulfonamides is 1. The van der Waals surface area contributed by atoms with Crippen molar-refractivity contribution in [1.82, 2.24) is 9.71 Å². The molecule has 0 radical (unpaired) electrons. The molecule has 0 saturated heterocycles. The zero-order valence-corrected chi connectivity index (χ0v) is 10.4. The minimum Gasteiger partial charge on any atom is -0.392 e. The number of aromatic nitrogens is 1. The van der Waals surface area contributed by atoms with E-state index in [1.807, 2.05) is 0 Å². The van der Waals surface area contributed by atoms with E-state index in [0.29, 0.717) is 4.47 Å². The Morgan fingerprint density at radius 1 is 1.60 bits per heavy atom. The van der Waals surface area contributed by atoms with Crippen LogP contribution in [0, 0.1) is 0 Å². The Kier molecular flexibility index (Phi) is 4.21. The summed E-state index contributed by atoms with van der Waals surface area (Å²) >= 11 is 3.13. The van der Waals surface area contributed by atoms with Gasteiger partial charge in [0, 0.05) is 23.4 Å². The van der Waals surface area contributed by atoms with Crippen molar-refractivity contribution in [2.24, 2.45) is 0 Å². The molecular weight excluding hydrogens is 284 g/mol. The van der Waals surface area contributed by atoms with Gasteiger partial charge in [0.25, 0.3) is 0 Å². The normalized spacial score (nSPS) is 13.8. The van der Waals surface area contributed by atoms with Gasteiger partial charge in [-0.05, 0) is 28.9 Å². The molecule has 2 N–H and O–H groups in total. The number of nitrogens with zero attached hydrogens (tertiary/aromatic N) is 1. The second-order valence-corrected chi connectivity index (χ2v) is 5.72. The van der Waals surface area contributed by atoms with Crippen molar-refractivity contribution in [3.05, 3.63) is 22.9 Å². The van der Waals surface area contributed by atoms with Crippen molar-refractivity contribution in [3.8, 4) is 0 Å². The van der Waals surface area contributed by atoms with Crippen molar-refractivity contribution < 1.29 is 13.5 Å². The van der Waals surface area contributed by atoms with E-state index in [0.717, 1.165) is 0 Å². The van der Waals surface area contributed by atoms with E-state index in [1.54, 1.807) is 0 Å². The van der Waals surface area contributed by atoms with Gasteiger partial charge in [0.05, 0.1) is 6.10 Å². The van der Waals surface area contributed by atoms with Gasteiger partial charge in [-0.15, -0.1) is 0 Å².